The van der Waals surface area contributed by atoms with Crippen LogP contribution in [0.25, 0.3) is 0 Å². The summed E-state index contributed by atoms with van der Waals surface area (Å²) in [6, 6.07) is 9.82. The summed E-state index contributed by atoms with van der Waals surface area (Å²) in [5, 5.41) is 3.73. The molecule has 6 heteroatoms. The number of hydrogen-bond donors (Lipinski definition) is 1. The van der Waals surface area contributed by atoms with E-state index >= 15 is 0 Å². The molecule has 1 aromatic carbocycles. The Hall–Kier alpha value is -2.21. The number of carbonyl (C=O) groups is 2. The molecule has 1 aliphatic heterocycles. The zero-order chi connectivity index (χ0) is 17.5. The molecule has 0 aromatic heterocycles. The molecular weight excluding hydrogens is 326 g/mol. The molecule has 0 spiro atoms. The molecule has 0 amide bonds. The van der Waals surface area contributed by atoms with Crippen LogP contribution < -0.4 is 5.32 Å². The summed E-state index contributed by atoms with van der Waals surface area (Å²) in [5.41, 5.74) is 2.40. The number of benzene rings is 1. The van der Waals surface area contributed by atoms with Crippen LogP contribution in [-0.4, -0.2) is 30.9 Å². The Morgan fingerprint density at radius 1 is 1.29 bits per heavy atom. The van der Waals surface area contributed by atoms with Gasteiger partial charge in [-0.2, -0.15) is 0 Å². The first-order chi connectivity index (χ1) is 11.5. The van der Waals surface area contributed by atoms with Crippen LogP contribution >= 0.6 is 11.8 Å². The molecule has 0 radical (unpaired) electrons. The fourth-order valence-corrected chi connectivity index (χ4v) is 3.52. The molecule has 1 aliphatic rings. The minimum absolute atomic E-state index is 0.127. The van der Waals surface area contributed by atoms with Crippen molar-refractivity contribution in [3.05, 3.63) is 58.3 Å². The molecule has 24 heavy (non-hydrogen) atoms. The lowest BCUT2D eigenvalue weighted by molar-refractivity contribution is -0.137. The van der Waals surface area contributed by atoms with E-state index in [1.807, 2.05) is 37.3 Å². The van der Waals surface area contributed by atoms with Crippen LogP contribution in [0, 0.1) is 0 Å². The lowest BCUT2D eigenvalue weighted by atomic mass is 10.0. The number of nitrogens with one attached hydrogen (secondary N) is 1. The van der Waals surface area contributed by atoms with E-state index in [1.54, 1.807) is 6.92 Å². The maximum atomic E-state index is 12.2. The van der Waals surface area contributed by atoms with Crippen molar-refractivity contribution >= 4 is 23.7 Å². The number of carbonyl (C=O) groups excluding carboxylic acids is 2. The average molecular weight is 347 g/mol. The summed E-state index contributed by atoms with van der Waals surface area (Å²) in [5.74, 6) is -0.760. The predicted octanol–water partition coefficient (Wildman–Crippen LogP) is 2.79. The third-order valence-corrected chi connectivity index (χ3v) is 4.54. The van der Waals surface area contributed by atoms with Crippen LogP contribution in [0.1, 0.15) is 19.4 Å². The zero-order valence-corrected chi connectivity index (χ0v) is 14.8. The van der Waals surface area contributed by atoms with Gasteiger partial charge < -0.3 is 14.8 Å². The van der Waals surface area contributed by atoms with Gasteiger partial charge in [-0.15, -0.1) is 11.8 Å². The fourth-order valence-electron chi connectivity index (χ4n) is 2.44. The van der Waals surface area contributed by atoms with Crippen molar-refractivity contribution in [2.75, 3.05) is 13.7 Å². The highest BCUT2D eigenvalue weighted by atomic mass is 32.2. The van der Waals surface area contributed by atoms with Gasteiger partial charge in [0.05, 0.1) is 30.4 Å². The van der Waals surface area contributed by atoms with Crippen LogP contribution in [0.15, 0.2) is 52.7 Å². The minimum atomic E-state index is -0.403. The highest BCUT2D eigenvalue weighted by molar-refractivity contribution is 8.03. The molecule has 0 fully saturated rings. The van der Waals surface area contributed by atoms with E-state index in [-0.39, 0.29) is 11.2 Å². The van der Waals surface area contributed by atoms with Gasteiger partial charge in [-0.3, -0.25) is 0 Å². The second kappa shape index (κ2) is 8.59. The van der Waals surface area contributed by atoms with Crippen molar-refractivity contribution in [2.45, 2.75) is 25.5 Å². The van der Waals surface area contributed by atoms with Crippen molar-refractivity contribution in [1.82, 2.24) is 5.32 Å². The van der Waals surface area contributed by atoms with Crippen LogP contribution in [0.3, 0.4) is 0 Å². The fraction of sp³-hybridized carbons (Fsp3) is 0.333. The molecular formula is C18H21NO4S. The van der Waals surface area contributed by atoms with Gasteiger partial charge in [-0.1, -0.05) is 30.3 Å². The number of methoxy groups -OCH3 is 1. The summed E-state index contributed by atoms with van der Waals surface area (Å²) < 4.78 is 9.87. The van der Waals surface area contributed by atoms with Crippen LogP contribution in [0.2, 0.25) is 0 Å². The summed E-state index contributed by atoms with van der Waals surface area (Å²) >= 11 is 1.40. The van der Waals surface area contributed by atoms with E-state index in [0.717, 1.165) is 11.3 Å². The quantitative estimate of drug-likeness (QED) is 0.653. The summed E-state index contributed by atoms with van der Waals surface area (Å²) in [7, 11) is 1.37. The standard InChI is InChI=1S/C18H21NO4S/c1-4-23-16(20)11-15-19-14(10-13-8-6-5-7-9-13)17(12(2)24-15)18(21)22-3/h5-9,11-12,19H,4,10H2,1-3H3/b15-11+. The molecule has 1 heterocycles. The number of rotatable bonds is 5. The van der Waals surface area contributed by atoms with E-state index in [2.05, 4.69) is 5.32 Å². The normalized spacial score (nSPS) is 19.0. The highest BCUT2D eigenvalue weighted by Crippen LogP contribution is 2.34. The maximum absolute atomic E-state index is 12.2. The van der Waals surface area contributed by atoms with Gasteiger partial charge in [-0.25, -0.2) is 9.59 Å². The van der Waals surface area contributed by atoms with Gasteiger partial charge in [0.25, 0.3) is 0 Å². The van der Waals surface area contributed by atoms with Crippen molar-refractivity contribution < 1.29 is 19.1 Å². The first-order valence-electron chi connectivity index (χ1n) is 7.72. The third kappa shape index (κ3) is 4.64. The van der Waals surface area contributed by atoms with Crippen LogP contribution in [0.5, 0.6) is 0 Å². The van der Waals surface area contributed by atoms with E-state index in [9.17, 15) is 9.59 Å². The van der Waals surface area contributed by atoms with Gasteiger partial charge in [-0.05, 0) is 19.4 Å². The molecule has 1 atom stereocenters. The van der Waals surface area contributed by atoms with Crippen molar-refractivity contribution in [3.63, 3.8) is 0 Å². The second-order valence-corrected chi connectivity index (χ2v) is 6.57. The molecule has 0 bridgehead atoms. The number of hydrogen-bond acceptors (Lipinski definition) is 6. The Balaban J connectivity index is 2.33. The van der Waals surface area contributed by atoms with Crippen molar-refractivity contribution in [2.24, 2.45) is 0 Å². The number of esters is 2. The Morgan fingerprint density at radius 3 is 2.62 bits per heavy atom. The van der Waals surface area contributed by atoms with E-state index < -0.39 is 5.97 Å². The molecule has 1 aromatic rings. The van der Waals surface area contributed by atoms with Gasteiger partial charge in [0.15, 0.2) is 0 Å². The lowest BCUT2D eigenvalue weighted by Gasteiger charge is -2.27. The first-order valence-corrected chi connectivity index (χ1v) is 8.60. The Bertz CT molecular complexity index is 667. The van der Waals surface area contributed by atoms with Gasteiger partial charge >= 0.3 is 11.9 Å². The minimum Gasteiger partial charge on any atom is -0.466 e. The van der Waals surface area contributed by atoms with Gasteiger partial charge in [0.1, 0.15) is 0 Å². The average Bonchev–Trinajstić information content (AvgIpc) is 2.55. The van der Waals surface area contributed by atoms with E-state index in [4.69, 9.17) is 9.47 Å². The SMILES string of the molecule is CCOC(=O)/C=C1\NC(Cc2ccccc2)=C(C(=O)OC)C(C)S1. The smallest absolute Gasteiger partial charge is 0.336 e. The third-order valence-electron chi connectivity index (χ3n) is 3.47. The molecule has 0 aliphatic carbocycles. The molecule has 5 nitrogen and oxygen atoms in total. The molecule has 2 rings (SSSR count). The van der Waals surface area contributed by atoms with E-state index in [0.29, 0.717) is 23.6 Å². The Labute approximate surface area is 146 Å². The number of ether oxygens (including phenoxy) is 2. The van der Waals surface area contributed by atoms with Gasteiger partial charge in [0, 0.05) is 17.4 Å². The second-order valence-electron chi connectivity index (χ2n) is 5.19. The maximum Gasteiger partial charge on any atom is 0.336 e. The molecule has 128 valence electrons. The number of thioether (sulfide) groups is 1. The topological polar surface area (TPSA) is 64.6 Å². The number of allylic oxidation sites excluding steroid dienone is 1. The first kappa shape index (κ1) is 18.1. The molecule has 0 saturated carbocycles. The lowest BCUT2D eigenvalue weighted by Crippen LogP contribution is -2.30. The molecule has 1 unspecified atom stereocenters. The highest BCUT2D eigenvalue weighted by Gasteiger charge is 2.29. The Morgan fingerprint density at radius 2 is 2.00 bits per heavy atom. The van der Waals surface area contributed by atoms with Crippen LogP contribution in [0.4, 0.5) is 0 Å². The summed E-state index contributed by atoms with van der Waals surface area (Å²) in [6.07, 6.45) is 1.97. The van der Waals surface area contributed by atoms with Crippen molar-refractivity contribution in [3.8, 4) is 0 Å². The molecule has 1 N–H and O–H groups in total. The summed E-state index contributed by atoms with van der Waals surface area (Å²) in [4.78, 5) is 23.9. The predicted molar refractivity (Wildman–Crippen MR) is 94.1 cm³/mol. The summed E-state index contributed by atoms with van der Waals surface area (Å²) in [6.45, 7) is 4.00. The zero-order valence-electron chi connectivity index (χ0n) is 14.0. The largest absolute Gasteiger partial charge is 0.466 e. The van der Waals surface area contributed by atoms with E-state index in [1.165, 1.54) is 24.9 Å². The van der Waals surface area contributed by atoms with Gasteiger partial charge in [0.2, 0.25) is 0 Å². The monoisotopic (exact) mass is 347 g/mol. The Kier molecular flexibility index (Phi) is 6.49. The van der Waals surface area contributed by atoms with Crippen LogP contribution in [-0.2, 0) is 25.5 Å². The molecule has 0 saturated heterocycles. The van der Waals surface area contributed by atoms with Crippen molar-refractivity contribution in [1.29, 1.82) is 0 Å².